The lowest BCUT2D eigenvalue weighted by Gasteiger charge is -2.14. The summed E-state index contributed by atoms with van der Waals surface area (Å²) >= 11 is 1.32. The zero-order chi connectivity index (χ0) is 25.7. The van der Waals surface area contributed by atoms with Crippen molar-refractivity contribution in [1.29, 1.82) is 0 Å². The molecule has 3 aromatic rings. The quantitative estimate of drug-likeness (QED) is 0.448. The highest BCUT2D eigenvalue weighted by Crippen LogP contribution is 2.35. The van der Waals surface area contributed by atoms with Gasteiger partial charge in [0.2, 0.25) is 0 Å². The summed E-state index contributed by atoms with van der Waals surface area (Å²) in [6.45, 7) is 4.59. The second-order valence-electron chi connectivity index (χ2n) is 8.12. The van der Waals surface area contributed by atoms with E-state index in [0.29, 0.717) is 28.8 Å². The third-order valence-electron chi connectivity index (χ3n) is 5.71. The Kier molecular flexibility index (Phi) is 7.92. The van der Waals surface area contributed by atoms with E-state index in [-0.39, 0.29) is 11.8 Å². The number of aliphatic imine (C=N–C) groups is 1. The summed E-state index contributed by atoms with van der Waals surface area (Å²) in [5, 5.41) is 0.583. The standard InChI is InChI=1S/C27H28N4O4S/c1-18-16-21(19(2)31(18)29-25(32)20-8-6-5-7-9-20)17-24-26(33)30(14-15-34-3)27(36-24)28-22-10-12-23(35-4)13-11-22/h5-13,16-17H,14-15H2,1-4H3,(H,29,32)/b24-17-,28-27?. The van der Waals surface area contributed by atoms with Crippen molar-refractivity contribution in [1.82, 2.24) is 9.58 Å². The average Bonchev–Trinajstić information content (AvgIpc) is 3.33. The van der Waals surface area contributed by atoms with E-state index >= 15 is 0 Å². The smallest absolute Gasteiger partial charge is 0.270 e. The van der Waals surface area contributed by atoms with E-state index in [1.54, 1.807) is 35.9 Å². The molecule has 36 heavy (non-hydrogen) atoms. The van der Waals surface area contributed by atoms with Crippen molar-refractivity contribution in [3.63, 3.8) is 0 Å². The van der Waals surface area contributed by atoms with Crippen LogP contribution in [0.4, 0.5) is 5.69 Å². The first-order chi connectivity index (χ1) is 17.4. The third-order valence-corrected chi connectivity index (χ3v) is 6.72. The Morgan fingerprint density at radius 3 is 2.47 bits per heavy atom. The van der Waals surface area contributed by atoms with Gasteiger partial charge in [-0.05, 0) is 79.7 Å². The monoisotopic (exact) mass is 504 g/mol. The zero-order valence-corrected chi connectivity index (χ0v) is 21.5. The molecule has 0 aliphatic carbocycles. The molecule has 8 nitrogen and oxygen atoms in total. The second-order valence-corrected chi connectivity index (χ2v) is 9.13. The maximum Gasteiger partial charge on any atom is 0.270 e. The molecule has 0 saturated carbocycles. The van der Waals surface area contributed by atoms with Crippen molar-refractivity contribution in [3.8, 4) is 5.75 Å². The molecule has 2 heterocycles. The molecule has 0 bridgehead atoms. The van der Waals surface area contributed by atoms with Crippen molar-refractivity contribution in [2.24, 2.45) is 4.99 Å². The fourth-order valence-corrected chi connectivity index (χ4v) is 4.76. The van der Waals surface area contributed by atoms with Gasteiger partial charge in [-0.15, -0.1) is 0 Å². The van der Waals surface area contributed by atoms with Gasteiger partial charge in [0.1, 0.15) is 5.75 Å². The van der Waals surface area contributed by atoms with Crippen molar-refractivity contribution in [2.75, 3.05) is 32.8 Å². The number of hydrogen-bond acceptors (Lipinski definition) is 6. The molecule has 1 N–H and O–H groups in total. The molecule has 1 aromatic heterocycles. The topological polar surface area (TPSA) is 85.2 Å². The van der Waals surface area contributed by atoms with Gasteiger partial charge < -0.3 is 9.47 Å². The lowest BCUT2D eigenvalue weighted by Crippen LogP contribution is -2.32. The summed E-state index contributed by atoms with van der Waals surface area (Å²) in [7, 11) is 3.21. The number of carbonyl (C=O) groups excluding carboxylic acids is 2. The Hall–Kier alpha value is -3.82. The highest BCUT2D eigenvalue weighted by molar-refractivity contribution is 8.18. The summed E-state index contributed by atoms with van der Waals surface area (Å²) in [4.78, 5) is 32.8. The summed E-state index contributed by atoms with van der Waals surface area (Å²) < 4.78 is 12.2. The molecule has 9 heteroatoms. The van der Waals surface area contributed by atoms with Gasteiger partial charge in [0, 0.05) is 24.1 Å². The highest BCUT2D eigenvalue weighted by Gasteiger charge is 2.33. The van der Waals surface area contributed by atoms with Crippen LogP contribution >= 0.6 is 11.8 Å². The Morgan fingerprint density at radius 1 is 1.08 bits per heavy atom. The number of rotatable bonds is 8. The van der Waals surface area contributed by atoms with Crippen LogP contribution in [0.15, 0.2) is 70.6 Å². The molecule has 1 fully saturated rings. The van der Waals surface area contributed by atoms with Crippen LogP contribution in [0.25, 0.3) is 6.08 Å². The number of thioether (sulfide) groups is 1. The van der Waals surface area contributed by atoms with E-state index in [1.165, 1.54) is 11.8 Å². The number of ether oxygens (including phenoxy) is 2. The van der Waals surface area contributed by atoms with Gasteiger partial charge in [-0.1, -0.05) is 18.2 Å². The molecule has 0 spiro atoms. The summed E-state index contributed by atoms with van der Waals surface area (Å²) in [6.07, 6.45) is 1.84. The fraction of sp³-hybridized carbons (Fsp3) is 0.222. The lowest BCUT2D eigenvalue weighted by molar-refractivity contribution is -0.122. The van der Waals surface area contributed by atoms with Gasteiger partial charge in [0.25, 0.3) is 11.8 Å². The molecule has 186 valence electrons. The van der Waals surface area contributed by atoms with Gasteiger partial charge in [-0.25, -0.2) is 4.99 Å². The number of amidine groups is 1. The van der Waals surface area contributed by atoms with E-state index in [9.17, 15) is 9.59 Å². The average molecular weight is 505 g/mol. The Morgan fingerprint density at radius 2 is 1.81 bits per heavy atom. The van der Waals surface area contributed by atoms with Gasteiger partial charge in [-0.3, -0.25) is 24.6 Å². The molecule has 0 unspecified atom stereocenters. The number of amides is 2. The first-order valence-corrected chi connectivity index (χ1v) is 12.2. The van der Waals surface area contributed by atoms with Crippen LogP contribution in [0.2, 0.25) is 0 Å². The van der Waals surface area contributed by atoms with Gasteiger partial charge in [0.15, 0.2) is 5.17 Å². The number of aryl methyl sites for hydroxylation is 1. The third kappa shape index (κ3) is 5.53. The number of carbonyl (C=O) groups is 2. The van der Waals surface area contributed by atoms with E-state index < -0.39 is 0 Å². The number of nitrogens with zero attached hydrogens (tertiary/aromatic N) is 3. The molecule has 1 saturated heterocycles. The van der Waals surface area contributed by atoms with Crippen LogP contribution in [0.5, 0.6) is 5.75 Å². The maximum atomic E-state index is 13.3. The van der Waals surface area contributed by atoms with Crippen LogP contribution in [0.1, 0.15) is 27.3 Å². The normalized spacial score (nSPS) is 15.7. The first-order valence-electron chi connectivity index (χ1n) is 11.4. The van der Waals surface area contributed by atoms with Crippen LogP contribution in [0.3, 0.4) is 0 Å². The Labute approximate surface area is 214 Å². The van der Waals surface area contributed by atoms with Crippen LogP contribution in [0, 0.1) is 13.8 Å². The molecular weight excluding hydrogens is 476 g/mol. The van der Waals surface area contributed by atoms with Crippen LogP contribution in [-0.2, 0) is 9.53 Å². The van der Waals surface area contributed by atoms with Crippen molar-refractivity contribution in [3.05, 3.63) is 88.1 Å². The maximum absolute atomic E-state index is 13.3. The molecule has 0 atom stereocenters. The summed E-state index contributed by atoms with van der Waals surface area (Å²) in [5.74, 6) is 0.394. The second kappa shape index (κ2) is 11.3. The minimum absolute atomic E-state index is 0.137. The van der Waals surface area contributed by atoms with E-state index in [2.05, 4.69) is 5.43 Å². The summed E-state index contributed by atoms with van der Waals surface area (Å²) in [5.41, 5.74) is 6.73. The molecule has 0 radical (unpaired) electrons. The van der Waals surface area contributed by atoms with E-state index in [0.717, 1.165) is 28.4 Å². The SMILES string of the molecule is COCCN1C(=O)/C(=C/c2cc(C)n(NC(=O)c3ccccc3)c2C)SC1=Nc1ccc(OC)cc1. The van der Waals surface area contributed by atoms with Crippen molar-refractivity contribution in [2.45, 2.75) is 13.8 Å². The predicted molar refractivity (Wildman–Crippen MR) is 143 cm³/mol. The number of aromatic nitrogens is 1. The highest BCUT2D eigenvalue weighted by atomic mass is 32.2. The molecule has 1 aliphatic rings. The largest absolute Gasteiger partial charge is 0.497 e. The molecule has 4 rings (SSSR count). The Balaban J connectivity index is 1.61. The molecule has 2 aromatic carbocycles. The summed E-state index contributed by atoms with van der Waals surface area (Å²) in [6, 6.07) is 18.3. The molecule has 2 amide bonds. The Bertz CT molecular complexity index is 1310. The number of methoxy groups -OCH3 is 2. The molecule has 1 aliphatic heterocycles. The minimum Gasteiger partial charge on any atom is -0.497 e. The number of hydrogen-bond donors (Lipinski definition) is 1. The van der Waals surface area contributed by atoms with Gasteiger partial charge in [0.05, 0.1) is 30.9 Å². The number of benzene rings is 2. The zero-order valence-electron chi connectivity index (χ0n) is 20.6. The van der Waals surface area contributed by atoms with Gasteiger partial charge in [-0.2, -0.15) is 0 Å². The lowest BCUT2D eigenvalue weighted by atomic mass is 10.2. The van der Waals surface area contributed by atoms with Gasteiger partial charge >= 0.3 is 0 Å². The van der Waals surface area contributed by atoms with E-state index in [4.69, 9.17) is 14.5 Å². The first kappa shape index (κ1) is 25.3. The fourth-order valence-electron chi connectivity index (χ4n) is 3.74. The van der Waals surface area contributed by atoms with E-state index in [1.807, 2.05) is 68.5 Å². The van der Waals surface area contributed by atoms with Crippen LogP contribution < -0.4 is 10.2 Å². The predicted octanol–water partition coefficient (Wildman–Crippen LogP) is 4.75. The van der Waals surface area contributed by atoms with Crippen molar-refractivity contribution >= 4 is 40.5 Å². The number of nitrogens with one attached hydrogen (secondary N) is 1. The minimum atomic E-state index is -0.206. The molecular formula is C27H28N4O4S. The van der Waals surface area contributed by atoms with Crippen LogP contribution in [-0.4, -0.2) is 53.9 Å². The van der Waals surface area contributed by atoms with Crippen molar-refractivity contribution < 1.29 is 19.1 Å².